The number of fused-ring (bicyclic) bond motifs is 1. The van der Waals surface area contributed by atoms with Gasteiger partial charge in [0.05, 0.1) is 23.1 Å². The van der Waals surface area contributed by atoms with E-state index in [9.17, 15) is 19.2 Å². The Morgan fingerprint density at radius 3 is 2.14 bits per heavy atom. The number of ether oxygens (including phenoxy) is 1. The van der Waals surface area contributed by atoms with Crippen LogP contribution in [0.4, 0.5) is 5.69 Å². The molecule has 182 valence electrons. The van der Waals surface area contributed by atoms with Crippen LogP contribution in [0.3, 0.4) is 0 Å². The van der Waals surface area contributed by atoms with Crippen molar-refractivity contribution in [1.29, 1.82) is 0 Å². The van der Waals surface area contributed by atoms with Crippen molar-refractivity contribution in [1.82, 2.24) is 0 Å². The Bertz CT molecular complexity index is 1300. The average molecular weight is 546 g/mol. The molecule has 7 heteroatoms. The van der Waals surface area contributed by atoms with Gasteiger partial charge >= 0.3 is 5.97 Å². The van der Waals surface area contributed by atoms with Gasteiger partial charge in [0.1, 0.15) is 0 Å². The topological polar surface area (TPSA) is 80.8 Å². The number of benzene rings is 3. The minimum Gasteiger partial charge on any atom is -0.454 e. The van der Waals surface area contributed by atoms with Gasteiger partial charge in [0.2, 0.25) is 11.8 Å². The van der Waals surface area contributed by atoms with E-state index in [2.05, 4.69) is 28.1 Å². The van der Waals surface area contributed by atoms with Crippen molar-refractivity contribution in [2.45, 2.75) is 25.2 Å². The fourth-order valence-electron chi connectivity index (χ4n) is 5.14. The summed E-state index contributed by atoms with van der Waals surface area (Å²) < 4.78 is 6.01. The molecular formula is C29H24BrNO5. The van der Waals surface area contributed by atoms with Crippen LogP contribution in [0.15, 0.2) is 83.3 Å². The molecule has 1 aliphatic carbocycles. The highest BCUT2D eigenvalue weighted by Crippen LogP contribution is 2.45. The molecule has 3 atom stereocenters. The number of carbonyl (C=O) groups excluding carboxylic acids is 4. The summed E-state index contributed by atoms with van der Waals surface area (Å²) in [4.78, 5) is 52.3. The van der Waals surface area contributed by atoms with Gasteiger partial charge in [-0.15, -0.1) is 0 Å². The number of amides is 2. The molecule has 1 saturated carbocycles. The van der Waals surface area contributed by atoms with E-state index in [0.29, 0.717) is 24.1 Å². The van der Waals surface area contributed by atoms with Gasteiger partial charge in [-0.05, 0) is 67.1 Å². The Hall–Kier alpha value is -3.58. The highest BCUT2D eigenvalue weighted by Gasteiger charge is 2.50. The largest absolute Gasteiger partial charge is 0.454 e. The Kier molecular flexibility index (Phi) is 6.83. The summed E-state index contributed by atoms with van der Waals surface area (Å²) in [5, 5.41) is 0. The molecule has 1 aliphatic heterocycles. The summed E-state index contributed by atoms with van der Waals surface area (Å²) >= 11 is 3.31. The summed E-state index contributed by atoms with van der Waals surface area (Å²) in [5.74, 6) is -1.67. The van der Waals surface area contributed by atoms with Crippen LogP contribution in [0.5, 0.6) is 0 Å². The fourth-order valence-corrected chi connectivity index (χ4v) is 5.41. The number of imide groups is 1. The number of anilines is 1. The number of hydrogen-bond donors (Lipinski definition) is 0. The maximum atomic E-state index is 13.3. The maximum Gasteiger partial charge on any atom is 0.338 e. The van der Waals surface area contributed by atoms with Gasteiger partial charge in [0.25, 0.3) is 0 Å². The molecule has 1 saturated heterocycles. The first-order chi connectivity index (χ1) is 17.4. The second kappa shape index (κ2) is 10.2. The second-order valence-electron chi connectivity index (χ2n) is 9.20. The van der Waals surface area contributed by atoms with E-state index in [1.54, 1.807) is 36.4 Å². The highest BCUT2D eigenvalue weighted by atomic mass is 79.9. The highest BCUT2D eigenvalue weighted by molar-refractivity contribution is 9.10. The molecule has 2 aliphatic rings. The van der Waals surface area contributed by atoms with E-state index in [0.717, 1.165) is 10.9 Å². The van der Waals surface area contributed by atoms with Crippen LogP contribution in [0.2, 0.25) is 0 Å². The molecule has 0 aromatic heterocycles. The summed E-state index contributed by atoms with van der Waals surface area (Å²) in [6.07, 6.45) is 2.22. The van der Waals surface area contributed by atoms with Crippen LogP contribution < -0.4 is 4.90 Å². The molecule has 0 N–H and O–H groups in total. The third kappa shape index (κ3) is 4.75. The van der Waals surface area contributed by atoms with Crippen LogP contribution in [-0.2, 0) is 14.3 Å². The lowest BCUT2D eigenvalue weighted by molar-refractivity contribution is -0.122. The molecular weight excluding hydrogens is 522 g/mol. The lowest BCUT2D eigenvalue weighted by Gasteiger charge is -2.28. The number of Topliss-reactive ketones (excluding diaryl/α,β-unsaturated/α-hetero) is 1. The van der Waals surface area contributed by atoms with Gasteiger partial charge in [-0.25, -0.2) is 4.79 Å². The zero-order valence-corrected chi connectivity index (χ0v) is 21.0. The molecule has 2 fully saturated rings. The zero-order chi connectivity index (χ0) is 25.2. The molecule has 1 heterocycles. The molecule has 0 radical (unpaired) electrons. The second-order valence-corrected chi connectivity index (χ2v) is 10.1. The van der Waals surface area contributed by atoms with Gasteiger partial charge in [-0.2, -0.15) is 0 Å². The minimum atomic E-state index is -0.648. The first-order valence-electron chi connectivity index (χ1n) is 11.9. The maximum absolute atomic E-state index is 13.3. The molecule has 36 heavy (non-hydrogen) atoms. The van der Waals surface area contributed by atoms with E-state index >= 15 is 0 Å². The SMILES string of the molecule is O=C(COC(=O)c1ccc(N2C(=O)[C@H]3CC[C@@H](c4ccccc4)C[C@H]3C2=O)cc1)c1ccc(Br)cc1. The van der Waals surface area contributed by atoms with E-state index in [1.165, 1.54) is 22.6 Å². The molecule has 0 bridgehead atoms. The van der Waals surface area contributed by atoms with Crippen LogP contribution in [0.25, 0.3) is 0 Å². The lowest BCUT2D eigenvalue weighted by atomic mass is 9.73. The van der Waals surface area contributed by atoms with Gasteiger partial charge in [0, 0.05) is 10.0 Å². The standard InChI is InChI=1S/C29H24BrNO5/c30-22-11-6-19(7-12-22)26(32)17-36-29(35)20-8-13-23(14-9-20)31-27(33)24-15-10-21(16-25(24)28(31)34)18-4-2-1-3-5-18/h1-9,11-14,21,24-25H,10,15-17H2/t21-,24+,25-/m1/s1. The van der Waals surface area contributed by atoms with Gasteiger partial charge < -0.3 is 4.74 Å². The summed E-state index contributed by atoms with van der Waals surface area (Å²) in [7, 11) is 0. The number of hydrogen-bond acceptors (Lipinski definition) is 5. The van der Waals surface area contributed by atoms with Crippen LogP contribution in [-0.4, -0.2) is 30.2 Å². The Morgan fingerprint density at radius 2 is 1.44 bits per heavy atom. The molecule has 6 nitrogen and oxygen atoms in total. The normalized spacial score (nSPS) is 21.2. The Labute approximate surface area is 217 Å². The number of rotatable bonds is 6. The summed E-state index contributed by atoms with van der Waals surface area (Å²) in [5.41, 5.74) is 2.33. The van der Waals surface area contributed by atoms with Crippen molar-refractivity contribution < 1.29 is 23.9 Å². The molecule has 3 aromatic carbocycles. The molecule has 2 amide bonds. The van der Waals surface area contributed by atoms with E-state index < -0.39 is 5.97 Å². The number of nitrogens with zero attached hydrogens (tertiary/aromatic N) is 1. The van der Waals surface area contributed by atoms with Gasteiger partial charge in [-0.3, -0.25) is 19.3 Å². The Balaban J connectivity index is 1.23. The number of carbonyl (C=O) groups is 4. The number of esters is 1. The first-order valence-corrected chi connectivity index (χ1v) is 12.7. The van der Waals surface area contributed by atoms with Crippen molar-refractivity contribution in [3.63, 3.8) is 0 Å². The molecule has 3 aromatic rings. The zero-order valence-electron chi connectivity index (χ0n) is 19.4. The summed E-state index contributed by atoms with van der Waals surface area (Å²) in [6.45, 7) is -0.378. The van der Waals surface area contributed by atoms with E-state index in [4.69, 9.17) is 4.74 Å². The molecule has 0 unspecified atom stereocenters. The van der Waals surface area contributed by atoms with Crippen LogP contribution in [0.1, 0.15) is 51.5 Å². The number of ketones is 1. The predicted molar refractivity (Wildman–Crippen MR) is 138 cm³/mol. The van der Waals surface area contributed by atoms with Crippen LogP contribution >= 0.6 is 15.9 Å². The van der Waals surface area contributed by atoms with Gasteiger partial charge in [0.15, 0.2) is 12.4 Å². The van der Waals surface area contributed by atoms with Gasteiger partial charge in [-0.1, -0.05) is 58.4 Å². The van der Waals surface area contributed by atoms with E-state index in [1.807, 2.05) is 18.2 Å². The van der Waals surface area contributed by atoms with Crippen molar-refractivity contribution in [3.05, 3.63) is 100 Å². The Morgan fingerprint density at radius 1 is 0.806 bits per heavy atom. The predicted octanol–water partition coefficient (Wildman–Crippen LogP) is 5.56. The quantitative estimate of drug-likeness (QED) is 0.230. The van der Waals surface area contributed by atoms with Crippen molar-refractivity contribution in [2.75, 3.05) is 11.5 Å². The van der Waals surface area contributed by atoms with Crippen molar-refractivity contribution in [2.24, 2.45) is 11.8 Å². The van der Waals surface area contributed by atoms with E-state index in [-0.39, 0.29) is 47.5 Å². The summed E-state index contributed by atoms with van der Waals surface area (Å²) in [6, 6.07) is 23.1. The third-order valence-corrected chi connectivity index (χ3v) is 7.59. The number of halogens is 1. The lowest BCUT2D eigenvalue weighted by Crippen LogP contribution is -2.30. The average Bonchev–Trinajstić information content (AvgIpc) is 3.17. The van der Waals surface area contributed by atoms with Crippen molar-refractivity contribution in [3.8, 4) is 0 Å². The first kappa shape index (κ1) is 24.1. The minimum absolute atomic E-state index is 0.174. The molecule has 5 rings (SSSR count). The fraction of sp³-hybridized carbons (Fsp3) is 0.241. The third-order valence-electron chi connectivity index (χ3n) is 7.06. The van der Waals surface area contributed by atoms with Crippen molar-refractivity contribution >= 4 is 45.2 Å². The van der Waals surface area contributed by atoms with Crippen LogP contribution in [0, 0.1) is 11.8 Å². The molecule has 0 spiro atoms. The smallest absolute Gasteiger partial charge is 0.338 e. The monoisotopic (exact) mass is 545 g/mol.